The van der Waals surface area contributed by atoms with Crippen LogP contribution in [0.4, 0.5) is 0 Å². The van der Waals surface area contributed by atoms with E-state index >= 15 is 0 Å². The smallest absolute Gasteiger partial charge is 0.221 e. The lowest BCUT2D eigenvalue weighted by Crippen LogP contribution is -2.40. The van der Waals surface area contributed by atoms with Crippen LogP contribution < -0.4 is 10.6 Å². The number of amides is 2. The average molecular weight is 421 g/mol. The fourth-order valence-corrected chi connectivity index (χ4v) is 7.97. The minimum atomic E-state index is 0.183. The van der Waals surface area contributed by atoms with Gasteiger partial charge in [-0.3, -0.25) is 9.59 Å². The third-order valence-corrected chi connectivity index (χ3v) is 9.58. The van der Waals surface area contributed by atoms with Gasteiger partial charge in [0.1, 0.15) is 0 Å². The molecule has 4 saturated carbocycles. The molecule has 0 aromatic carbocycles. The Hall–Kier alpha value is -0.710. The second kappa shape index (κ2) is 9.62. The van der Waals surface area contributed by atoms with Crippen LogP contribution in [0.2, 0.25) is 0 Å². The van der Waals surface area contributed by atoms with Crippen LogP contribution in [0.3, 0.4) is 0 Å². The van der Waals surface area contributed by atoms with Crippen molar-refractivity contribution in [2.45, 2.75) is 90.1 Å². The molecule has 0 unspecified atom stereocenters. The van der Waals surface area contributed by atoms with Gasteiger partial charge in [0, 0.05) is 36.4 Å². The highest BCUT2D eigenvalue weighted by molar-refractivity contribution is 7.99. The first-order valence-corrected chi connectivity index (χ1v) is 13.3. The first-order valence-electron chi connectivity index (χ1n) is 12.2. The molecule has 2 N–H and O–H groups in total. The van der Waals surface area contributed by atoms with Gasteiger partial charge >= 0.3 is 0 Å². The summed E-state index contributed by atoms with van der Waals surface area (Å²) in [5.41, 5.74) is 0. The summed E-state index contributed by atoms with van der Waals surface area (Å²) in [5, 5.41) is 6.49. The van der Waals surface area contributed by atoms with E-state index in [9.17, 15) is 9.59 Å². The monoisotopic (exact) mass is 420 g/mol. The zero-order valence-corrected chi connectivity index (χ0v) is 19.1. The summed E-state index contributed by atoms with van der Waals surface area (Å²) < 4.78 is 0. The summed E-state index contributed by atoms with van der Waals surface area (Å²) in [6.07, 6.45) is 12.1. The first kappa shape index (κ1) is 21.5. The van der Waals surface area contributed by atoms with Gasteiger partial charge in [0.2, 0.25) is 11.8 Å². The summed E-state index contributed by atoms with van der Waals surface area (Å²) in [4.78, 5) is 24.5. The Kier molecular flexibility index (Phi) is 7.14. The molecule has 5 heteroatoms. The molecule has 4 nitrogen and oxygen atoms in total. The normalized spacial score (nSPS) is 36.9. The minimum Gasteiger partial charge on any atom is -0.353 e. The molecule has 0 radical (unpaired) electrons. The van der Waals surface area contributed by atoms with Crippen LogP contribution in [-0.4, -0.2) is 35.4 Å². The molecule has 29 heavy (non-hydrogen) atoms. The Balaban J connectivity index is 1.04. The first-order chi connectivity index (χ1) is 14.0. The Labute approximate surface area is 181 Å². The van der Waals surface area contributed by atoms with Crippen LogP contribution in [0.25, 0.3) is 0 Å². The van der Waals surface area contributed by atoms with E-state index in [1.165, 1.54) is 51.4 Å². The molecule has 4 aliphatic carbocycles. The van der Waals surface area contributed by atoms with Gasteiger partial charge < -0.3 is 10.6 Å². The summed E-state index contributed by atoms with van der Waals surface area (Å²) in [5.74, 6) is 6.95. The van der Waals surface area contributed by atoms with E-state index in [0.717, 1.165) is 35.2 Å². The van der Waals surface area contributed by atoms with E-state index in [4.69, 9.17) is 0 Å². The van der Waals surface area contributed by atoms with Gasteiger partial charge in [-0.25, -0.2) is 0 Å². The lowest BCUT2D eigenvalue weighted by molar-refractivity contribution is -0.122. The number of hydrogen-bond acceptors (Lipinski definition) is 3. The van der Waals surface area contributed by atoms with Crippen LogP contribution in [0, 0.1) is 35.5 Å². The summed E-state index contributed by atoms with van der Waals surface area (Å²) in [7, 11) is 0. The SMILES string of the molecule is C[C@H](NC(=O)CCSCCC(=O)N[C@H](C)[C@H]1C[C@H]2CC[C@H]1C2)[C@H]1C[C@H]2CC[C@H]1C2. The van der Waals surface area contributed by atoms with Gasteiger partial charge in [0.05, 0.1) is 0 Å². The second-order valence-corrected chi connectivity index (χ2v) is 11.7. The molecule has 0 saturated heterocycles. The maximum atomic E-state index is 12.3. The molecule has 0 aromatic rings. The van der Waals surface area contributed by atoms with Gasteiger partial charge in [-0.05, 0) is 87.9 Å². The van der Waals surface area contributed by atoms with Crippen molar-refractivity contribution in [3.63, 3.8) is 0 Å². The van der Waals surface area contributed by atoms with Crippen LogP contribution in [0.15, 0.2) is 0 Å². The number of hydrogen-bond donors (Lipinski definition) is 2. The highest BCUT2D eigenvalue weighted by atomic mass is 32.2. The number of thioether (sulfide) groups is 1. The molecule has 4 bridgehead atoms. The largest absolute Gasteiger partial charge is 0.353 e. The van der Waals surface area contributed by atoms with Crippen LogP contribution in [-0.2, 0) is 9.59 Å². The van der Waals surface area contributed by atoms with Crippen LogP contribution in [0.5, 0.6) is 0 Å². The molecule has 0 heterocycles. The summed E-state index contributed by atoms with van der Waals surface area (Å²) >= 11 is 1.73. The maximum absolute atomic E-state index is 12.3. The molecule has 4 aliphatic rings. The van der Waals surface area contributed by atoms with Crippen molar-refractivity contribution >= 4 is 23.6 Å². The Bertz CT molecular complexity index is 547. The second-order valence-electron chi connectivity index (χ2n) is 10.5. The molecule has 0 spiro atoms. The third-order valence-electron chi connectivity index (χ3n) is 8.59. The lowest BCUT2D eigenvalue weighted by Gasteiger charge is -2.28. The zero-order valence-electron chi connectivity index (χ0n) is 18.3. The van der Waals surface area contributed by atoms with E-state index < -0.39 is 0 Å². The fourth-order valence-electron chi connectivity index (χ4n) is 7.11. The zero-order chi connectivity index (χ0) is 20.4. The Morgan fingerprint density at radius 3 is 1.55 bits per heavy atom. The number of fused-ring (bicyclic) bond motifs is 4. The number of nitrogens with one attached hydrogen (secondary N) is 2. The molecular formula is C24H40N2O2S. The molecule has 4 rings (SSSR count). The summed E-state index contributed by atoms with van der Waals surface area (Å²) in [6.45, 7) is 4.39. The van der Waals surface area contributed by atoms with Gasteiger partial charge in [0.25, 0.3) is 0 Å². The van der Waals surface area contributed by atoms with Crippen LogP contribution >= 0.6 is 11.8 Å². The Morgan fingerprint density at radius 2 is 1.21 bits per heavy atom. The summed E-state index contributed by atoms with van der Waals surface area (Å²) in [6, 6.07) is 0.641. The predicted molar refractivity (Wildman–Crippen MR) is 120 cm³/mol. The van der Waals surface area contributed by atoms with Crippen LogP contribution in [0.1, 0.15) is 78.1 Å². The molecular weight excluding hydrogens is 380 g/mol. The van der Waals surface area contributed by atoms with Crippen molar-refractivity contribution in [1.29, 1.82) is 0 Å². The molecule has 0 aromatic heterocycles. The number of carbonyl (C=O) groups excluding carboxylic acids is 2. The van der Waals surface area contributed by atoms with E-state index in [0.29, 0.717) is 36.8 Å². The van der Waals surface area contributed by atoms with Crippen molar-refractivity contribution in [2.75, 3.05) is 11.5 Å². The van der Waals surface area contributed by atoms with Gasteiger partial charge in [-0.15, -0.1) is 0 Å². The standard InChI is InChI=1S/C24H40N2O2S/c1-15(21-13-17-3-5-19(21)11-17)25-23(27)7-9-29-10-8-24(28)26-16(2)22-14-18-4-6-20(22)12-18/h15-22H,3-14H2,1-2H3,(H,25,27)(H,26,28)/t15-,16+,17-,18-,19-,20-,21+,22+/m0/s1. The average Bonchev–Trinajstić information content (AvgIpc) is 3.48. The van der Waals surface area contributed by atoms with E-state index in [1.54, 1.807) is 11.8 Å². The molecule has 0 aliphatic heterocycles. The maximum Gasteiger partial charge on any atom is 0.221 e. The Morgan fingerprint density at radius 1 is 0.759 bits per heavy atom. The third kappa shape index (κ3) is 5.32. The van der Waals surface area contributed by atoms with Crippen molar-refractivity contribution < 1.29 is 9.59 Å². The minimum absolute atomic E-state index is 0.183. The fraction of sp³-hybridized carbons (Fsp3) is 0.917. The number of carbonyl (C=O) groups is 2. The van der Waals surface area contributed by atoms with Crippen molar-refractivity contribution in [2.24, 2.45) is 35.5 Å². The quantitative estimate of drug-likeness (QED) is 0.516. The van der Waals surface area contributed by atoms with Gasteiger partial charge in [0.15, 0.2) is 0 Å². The molecule has 4 fully saturated rings. The van der Waals surface area contributed by atoms with Gasteiger partial charge in [-0.2, -0.15) is 11.8 Å². The van der Waals surface area contributed by atoms with Gasteiger partial charge in [-0.1, -0.05) is 12.8 Å². The predicted octanol–water partition coefficient (Wildman–Crippen LogP) is 4.38. The van der Waals surface area contributed by atoms with E-state index in [1.807, 2.05) is 0 Å². The molecule has 2 amide bonds. The number of rotatable bonds is 10. The van der Waals surface area contributed by atoms with E-state index in [-0.39, 0.29) is 11.8 Å². The highest BCUT2D eigenvalue weighted by Gasteiger charge is 2.43. The lowest BCUT2D eigenvalue weighted by atomic mass is 9.84. The van der Waals surface area contributed by atoms with Crippen molar-refractivity contribution in [3.8, 4) is 0 Å². The van der Waals surface area contributed by atoms with E-state index in [2.05, 4.69) is 24.5 Å². The van der Waals surface area contributed by atoms with Crippen molar-refractivity contribution in [3.05, 3.63) is 0 Å². The molecule has 8 atom stereocenters. The molecule has 164 valence electrons. The highest BCUT2D eigenvalue weighted by Crippen LogP contribution is 2.50. The van der Waals surface area contributed by atoms with Crippen molar-refractivity contribution in [1.82, 2.24) is 10.6 Å². The topological polar surface area (TPSA) is 58.2 Å².